The topological polar surface area (TPSA) is 53.5 Å². The average Bonchev–Trinajstić information content (AvgIpc) is 2.99. The lowest BCUT2D eigenvalue weighted by atomic mass is 10.1. The number of piperazine rings is 1. The van der Waals surface area contributed by atoms with Gasteiger partial charge < -0.3 is 9.80 Å². The Kier molecular flexibility index (Phi) is 5.18. The van der Waals surface area contributed by atoms with Gasteiger partial charge in [-0.3, -0.25) is 9.59 Å². The second-order valence-corrected chi connectivity index (χ2v) is 7.61. The monoisotopic (exact) mass is 357 g/mol. The normalized spacial score (nSPS) is 17.9. The number of aromatic nitrogens is 1. The summed E-state index contributed by atoms with van der Waals surface area (Å²) in [7, 11) is 0. The fourth-order valence-corrected chi connectivity index (χ4v) is 3.70. The summed E-state index contributed by atoms with van der Waals surface area (Å²) in [6.45, 7) is 7.52. The fourth-order valence-electron chi connectivity index (χ4n) is 3.09. The highest BCUT2D eigenvalue weighted by Gasteiger charge is 2.34. The molecule has 2 heterocycles. The van der Waals surface area contributed by atoms with E-state index in [1.807, 2.05) is 31.1 Å². The lowest BCUT2D eigenvalue weighted by Crippen LogP contribution is -2.57. The quantitative estimate of drug-likeness (QED) is 0.845. The molecule has 1 aliphatic rings. The molecular weight excluding hydrogens is 334 g/mol. The van der Waals surface area contributed by atoms with E-state index >= 15 is 0 Å². The maximum Gasteiger partial charge on any atom is 0.245 e. The van der Waals surface area contributed by atoms with E-state index < -0.39 is 6.04 Å². The third-order valence-electron chi connectivity index (χ3n) is 4.56. The first-order valence-electron chi connectivity index (χ1n) is 8.49. The van der Waals surface area contributed by atoms with Crippen LogP contribution in [-0.2, 0) is 22.6 Å². The molecule has 6 heteroatoms. The van der Waals surface area contributed by atoms with Crippen LogP contribution in [0.15, 0.2) is 29.6 Å². The Bertz CT molecular complexity index is 769. The van der Waals surface area contributed by atoms with Crippen molar-refractivity contribution < 1.29 is 9.59 Å². The molecule has 1 saturated heterocycles. The highest BCUT2D eigenvalue weighted by atomic mass is 32.1. The highest BCUT2D eigenvalue weighted by Crippen LogP contribution is 2.17. The Balaban J connectivity index is 1.62. The van der Waals surface area contributed by atoms with Crippen molar-refractivity contribution in [2.75, 3.05) is 13.1 Å². The van der Waals surface area contributed by atoms with Crippen molar-refractivity contribution in [1.82, 2.24) is 14.8 Å². The molecule has 0 bridgehead atoms. The Morgan fingerprint density at radius 1 is 1.24 bits per heavy atom. The van der Waals surface area contributed by atoms with Gasteiger partial charge in [-0.1, -0.05) is 29.8 Å². The number of benzene rings is 1. The van der Waals surface area contributed by atoms with Gasteiger partial charge in [0.05, 0.1) is 17.1 Å². The number of thiazole rings is 1. The largest absolute Gasteiger partial charge is 0.335 e. The van der Waals surface area contributed by atoms with Crippen molar-refractivity contribution >= 4 is 23.2 Å². The van der Waals surface area contributed by atoms with Crippen LogP contribution in [0.5, 0.6) is 0 Å². The van der Waals surface area contributed by atoms with Crippen molar-refractivity contribution in [3.8, 4) is 0 Å². The molecule has 132 valence electrons. The molecule has 3 rings (SSSR count). The van der Waals surface area contributed by atoms with Gasteiger partial charge in [-0.25, -0.2) is 4.98 Å². The minimum Gasteiger partial charge on any atom is -0.335 e. The van der Waals surface area contributed by atoms with Crippen LogP contribution in [0.3, 0.4) is 0 Å². The van der Waals surface area contributed by atoms with Gasteiger partial charge in [-0.05, 0) is 26.3 Å². The molecule has 0 N–H and O–H groups in total. The number of hydrogen-bond acceptors (Lipinski definition) is 4. The average molecular weight is 357 g/mol. The molecule has 0 saturated carbocycles. The number of aryl methyl sites for hydroxylation is 2. The second-order valence-electron chi connectivity index (χ2n) is 6.54. The van der Waals surface area contributed by atoms with Gasteiger partial charge in [-0.2, -0.15) is 0 Å². The lowest BCUT2D eigenvalue weighted by Gasteiger charge is -2.39. The van der Waals surface area contributed by atoms with E-state index in [0.29, 0.717) is 19.6 Å². The summed E-state index contributed by atoms with van der Waals surface area (Å²) in [5, 5.41) is 2.86. The predicted molar refractivity (Wildman–Crippen MR) is 98.3 cm³/mol. The fraction of sp³-hybridized carbons (Fsp3) is 0.421. The van der Waals surface area contributed by atoms with Gasteiger partial charge in [0.25, 0.3) is 0 Å². The first-order valence-corrected chi connectivity index (χ1v) is 9.37. The minimum absolute atomic E-state index is 0.00892. The SMILES string of the molecule is Cc1ccc(CN2CCN(C(=O)Cc3csc(C)n3)[C@H](C)C2=O)cc1. The van der Waals surface area contributed by atoms with Gasteiger partial charge in [0.1, 0.15) is 6.04 Å². The van der Waals surface area contributed by atoms with E-state index in [9.17, 15) is 9.59 Å². The first-order chi connectivity index (χ1) is 11.9. The van der Waals surface area contributed by atoms with Crippen LogP contribution in [0.2, 0.25) is 0 Å². The summed E-state index contributed by atoms with van der Waals surface area (Å²) in [6.07, 6.45) is 0.264. The number of nitrogens with zero attached hydrogens (tertiary/aromatic N) is 3. The number of carbonyl (C=O) groups excluding carboxylic acids is 2. The Morgan fingerprint density at radius 3 is 2.60 bits per heavy atom. The van der Waals surface area contributed by atoms with E-state index in [1.165, 1.54) is 16.9 Å². The summed E-state index contributed by atoms with van der Waals surface area (Å²) in [5.74, 6) is -0.0178. The zero-order chi connectivity index (χ0) is 18.0. The van der Waals surface area contributed by atoms with Crippen LogP contribution in [0, 0.1) is 13.8 Å². The van der Waals surface area contributed by atoms with Gasteiger partial charge in [-0.15, -0.1) is 11.3 Å². The molecule has 0 aliphatic carbocycles. The van der Waals surface area contributed by atoms with Gasteiger partial charge >= 0.3 is 0 Å². The molecule has 0 unspecified atom stereocenters. The molecule has 25 heavy (non-hydrogen) atoms. The van der Waals surface area contributed by atoms with E-state index in [-0.39, 0.29) is 18.2 Å². The standard InChI is InChI=1S/C19H23N3O2S/c1-13-4-6-16(7-5-13)11-21-8-9-22(14(2)19(21)24)18(23)10-17-12-25-15(3)20-17/h4-7,12,14H,8-11H2,1-3H3/t14-/m1/s1. The molecule has 2 aromatic rings. The third-order valence-corrected chi connectivity index (χ3v) is 5.38. The van der Waals surface area contributed by atoms with Gasteiger partial charge in [0.2, 0.25) is 11.8 Å². The number of rotatable bonds is 4. The molecule has 2 amide bonds. The van der Waals surface area contributed by atoms with E-state index in [0.717, 1.165) is 16.3 Å². The maximum absolute atomic E-state index is 12.7. The number of carbonyl (C=O) groups is 2. The summed E-state index contributed by atoms with van der Waals surface area (Å²) < 4.78 is 0. The summed E-state index contributed by atoms with van der Waals surface area (Å²) >= 11 is 1.54. The molecule has 5 nitrogen and oxygen atoms in total. The van der Waals surface area contributed by atoms with Crippen molar-refractivity contribution in [2.24, 2.45) is 0 Å². The van der Waals surface area contributed by atoms with Crippen LogP contribution in [0.25, 0.3) is 0 Å². The molecule has 1 aromatic heterocycles. The lowest BCUT2D eigenvalue weighted by molar-refractivity contribution is -0.150. The molecular formula is C19H23N3O2S. The maximum atomic E-state index is 12.7. The van der Waals surface area contributed by atoms with Crippen molar-refractivity contribution in [1.29, 1.82) is 0 Å². The zero-order valence-corrected chi connectivity index (χ0v) is 15.7. The molecule has 0 radical (unpaired) electrons. The minimum atomic E-state index is -0.425. The van der Waals surface area contributed by atoms with Gasteiger partial charge in [0, 0.05) is 25.0 Å². The van der Waals surface area contributed by atoms with Crippen LogP contribution < -0.4 is 0 Å². The number of hydrogen-bond donors (Lipinski definition) is 0. The van der Waals surface area contributed by atoms with Gasteiger partial charge in [0.15, 0.2) is 0 Å². The molecule has 0 spiro atoms. The Labute approximate surface area is 152 Å². The van der Waals surface area contributed by atoms with Crippen molar-refractivity contribution in [3.05, 3.63) is 51.5 Å². The Hall–Kier alpha value is -2.21. The van der Waals surface area contributed by atoms with Crippen LogP contribution >= 0.6 is 11.3 Å². The van der Waals surface area contributed by atoms with Crippen molar-refractivity contribution in [3.63, 3.8) is 0 Å². The highest BCUT2D eigenvalue weighted by molar-refractivity contribution is 7.09. The third kappa shape index (κ3) is 4.07. The van der Waals surface area contributed by atoms with Crippen LogP contribution in [-0.4, -0.2) is 45.7 Å². The first kappa shape index (κ1) is 17.6. The molecule has 1 aromatic carbocycles. The van der Waals surface area contributed by atoms with Crippen LogP contribution in [0.1, 0.15) is 28.8 Å². The predicted octanol–water partition coefficient (Wildman–Crippen LogP) is 2.56. The van der Waals surface area contributed by atoms with E-state index in [2.05, 4.69) is 29.2 Å². The van der Waals surface area contributed by atoms with E-state index in [1.54, 1.807) is 4.90 Å². The molecule has 1 aliphatic heterocycles. The zero-order valence-electron chi connectivity index (χ0n) is 14.9. The summed E-state index contributed by atoms with van der Waals surface area (Å²) in [6, 6.07) is 7.79. The van der Waals surface area contributed by atoms with E-state index in [4.69, 9.17) is 0 Å². The summed E-state index contributed by atoms with van der Waals surface area (Å²) in [4.78, 5) is 33.1. The number of amides is 2. The smallest absolute Gasteiger partial charge is 0.245 e. The molecule has 1 fully saturated rings. The van der Waals surface area contributed by atoms with Crippen LogP contribution in [0.4, 0.5) is 0 Å². The Morgan fingerprint density at radius 2 is 1.96 bits per heavy atom. The van der Waals surface area contributed by atoms with Crippen molar-refractivity contribution in [2.45, 2.75) is 39.8 Å². The molecule has 1 atom stereocenters. The second kappa shape index (κ2) is 7.35. The summed E-state index contributed by atoms with van der Waals surface area (Å²) in [5.41, 5.74) is 3.11.